The number of anilines is 3. The molecule has 42 heavy (non-hydrogen) atoms. The predicted molar refractivity (Wildman–Crippen MR) is 161 cm³/mol. The monoisotopic (exact) mass is 572 g/mol. The summed E-state index contributed by atoms with van der Waals surface area (Å²) in [5, 5.41) is 3.20. The Labute approximate surface area is 244 Å². The van der Waals surface area contributed by atoms with Gasteiger partial charge in [0.25, 0.3) is 0 Å². The molecule has 3 aromatic heterocycles. The molecule has 10 nitrogen and oxygen atoms in total. The third kappa shape index (κ3) is 5.35. The summed E-state index contributed by atoms with van der Waals surface area (Å²) in [6.45, 7) is 14.5. The van der Waals surface area contributed by atoms with Crippen molar-refractivity contribution in [3.05, 3.63) is 53.9 Å². The molecule has 1 fully saturated rings. The lowest BCUT2D eigenvalue weighted by Crippen LogP contribution is -2.50. The summed E-state index contributed by atoms with van der Waals surface area (Å²) in [6.07, 6.45) is 3.19. The van der Waals surface area contributed by atoms with E-state index in [1.807, 2.05) is 45.9 Å². The fourth-order valence-corrected chi connectivity index (χ4v) is 5.81. The van der Waals surface area contributed by atoms with Crippen LogP contribution in [-0.4, -0.2) is 67.3 Å². The first-order valence-corrected chi connectivity index (χ1v) is 14.4. The van der Waals surface area contributed by atoms with Crippen LogP contribution >= 0.6 is 0 Å². The lowest BCUT2D eigenvalue weighted by Gasteiger charge is -2.37. The fraction of sp³-hybridized carbons (Fsp3) is 0.452. The number of imidazole rings is 1. The zero-order chi connectivity index (χ0) is 29.8. The zero-order valence-electron chi connectivity index (χ0n) is 25.0. The van der Waals surface area contributed by atoms with Crippen LogP contribution in [-0.2, 0) is 16.7 Å². The summed E-state index contributed by atoms with van der Waals surface area (Å²) in [4.78, 5) is 34.8. The van der Waals surface area contributed by atoms with E-state index in [-0.39, 0.29) is 17.4 Å². The highest BCUT2D eigenvalue weighted by Crippen LogP contribution is 2.37. The number of nitrogens with one attached hydrogen (secondary N) is 1. The highest BCUT2D eigenvalue weighted by molar-refractivity contribution is 5.83. The average molecular weight is 573 g/mol. The Morgan fingerprint density at radius 3 is 2.52 bits per heavy atom. The largest absolute Gasteiger partial charge is 0.444 e. The van der Waals surface area contributed by atoms with Gasteiger partial charge in [0.2, 0.25) is 5.95 Å². The van der Waals surface area contributed by atoms with Crippen LogP contribution in [0.2, 0.25) is 0 Å². The Balaban J connectivity index is 1.17. The van der Waals surface area contributed by atoms with Crippen molar-refractivity contribution < 1.29 is 13.9 Å². The normalized spacial score (nSPS) is 16.5. The molecule has 1 amide bonds. The van der Waals surface area contributed by atoms with Gasteiger partial charge in [0, 0.05) is 49.9 Å². The molecule has 220 valence electrons. The van der Waals surface area contributed by atoms with Gasteiger partial charge < -0.3 is 24.4 Å². The number of amides is 1. The van der Waals surface area contributed by atoms with Crippen molar-refractivity contribution in [3.63, 3.8) is 0 Å². The van der Waals surface area contributed by atoms with E-state index >= 15 is 4.39 Å². The topological polar surface area (TPSA) is 101 Å². The standard InChI is InChI=1S/C31H37FN8O2/c1-19-23(38-13-15-39(16-14-38)29(41)42-30(2,3)4)7-8-25(34-19)36-28-33-12-10-22(35-28)20-17-21(32)27-24(18-20)40-26(37-27)9-11-31(40,5)6/h7-8,10,12,17-18H,9,11,13-16H2,1-6H3,(H,33,34,35,36). The molecule has 0 bridgehead atoms. The van der Waals surface area contributed by atoms with Gasteiger partial charge >= 0.3 is 6.09 Å². The van der Waals surface area contributed by atoms with Crippen LogP contribution in [0.25, 0.3) is 22.3 Å². The molecule has 0 aliphatic carbocycles. The van der Waals surface area contributed by atoms with Crippen LogP contribution in [0.3, 0.4) is 0 Å². The van der Waals surface area contributed by atoms with E-state index in [9.17, 15) is 4.79 Å². The summed E-state index contributed by atoms with van der Waals surface area (Å²) in [5.41, 5.74) is 3.70. The number of ether oxygens (including phenoxy) is 1. The molecule has 2 aliphatic heterocycles. The maximum atomic E-state index is 15.2. The van der Waals surface area contributed by atoms with Crippen LogP contribution in [0.4, 0.5) is 26.6 Å². The third-order valence-corrected chi connectivity index (χ3v) is 7.87. The molecule has 4 aromatic rings. The molecule has 5 heterocycles. The van der Waals surface area contributed by atoms with E-state index in [0.29, 0.717) is 54.7 Å². The number of benzene rings is 1. The molecular formula is C31H37FN8O2. The van der Waals surface area contributed by atoms with E-state index in [2.05, 4.69) is 43.6 Å². The quantitative estimate of drug-likeness (QED) is 0.327. The number of carbonyl (C=O) groups is 1. The molecule has 1 N–H and O–H groups in total. The second kappa shape index (κ2) is 10.2. The number of rotatable bonds is 4. The summed E-state index contributed by atoms with van der Waals surface area (Å²) in [6, 6.07) is 9.14. The highest BCUT2D eigenvalue weighted by atomic mass is 19.1. The lowest BCUT2D eigenvalue weighted by molar-refractivity contribution is 0.0240. The summed E-state index contributed by atoms with van der Waals surface area (Å²) >= 11 is 0. The fourth-order valence-electron chi connectivity index (χ4n) is 5.81. The Morgan fingerprint density at radius 2 is 1.81 bits per heavy atom. The van der Waals surface area contributed by atoms with Gasteiger partial charge in [0.1, 0.15) is 22.8 Å². The van der Waals surface area contributed by atoms with Crippen LogP contribution in [0.1, 0.15) is 52.6 Å². The second-order valence-electron chi connectivity index (χ2n) is 12.6. The number of piperazine rings is 1. The van der Waals surface area contributed by atoms with Gasteiger partial charge in [-0.1, -0.05) is 0 Å². The molecule has 2 aliphatic rings. The third-order valence-electron chi connectivity index (χ3n) is 7.87. The molecule has 0 atom stereocenters. The number of carbonyl (C=O) groups excluding carboxylic acids is 1. The number of fused-ring (bicyclic) bond motifs is 3. The number of aryl methyl sites for hydroxylation is 2. The molecule has 1 saturated heterocycles. The minimum absolute atomic E-state index is 0.116. The first-order valence-electron chi connectivity index (χ1n) is 14.4. The summed E-state index contributed by atoms with van der Waals surface area (Å²) < 4.78 is 22.8. The minimum atomic E-state index is -0.512. The number of halogens is 1. The van der Waals surface area contributed by atoms with Crippen LogP contribution < -0.4 is 10.2 Å². The molecule has 0 unspecified atom stereocenters. The first-order chi connectivity index (χ1) is 19.9. The van der Waals surface area contributed by atoms with Gasteiger partial charge in [0.05, 0.1) is 22.6 Å². The smallest absolute Gasteiger partial charge is 0.410 e. The maximum Gasteiger partial charge on any atom is 0.410 e. The highest BCUT2D eigenvalue weighted by Gasteiger charge is 2.33. The van der Waals surface area contributed by atoms with Gasteiger partial charge in [-0.2, -0.15) is 0 Å². The van der Waals surface area contributed by atoms with E-state index < -0.39 is 5.60 Å². The first kappa shape index (κ1) is 27.9. The molecule has 0 spiro atoms. The van der Waals surface area contributed by atoms with Crippen molar-refractivity contribution >= 4 is 34.6 Å². The molecule has 1 aromatic carbocycles. The van der Waals surface area contributed by atoms with Crippen molar-refractivity contribution in [2.45, 2.75) is 65.5 Å². The van der Waals surface area contributed by atoms with E-state index in [1.54, 1.807) is 17.2 Å². The van der Waals surface area contributed by atoms with Crippen LogP contribution in [0, 0.1) is 12.7 Å². The van der Waals surface area contributed by atoms with Crippen molar-refractivity contribution in [1.82, 2.24) is 29.4 Å². The Bertz CT molecular complexity index is 1670. The maximum absolute atomic E-state index is 15.2. The Kier molecular flexibility index (Phi) is 6.78. The van der Waals surface area contributed by atoms with Crippen molar-refractivity contribution in [2.75, 3.05) is 36.4 Å². The van der Waals surface area contributed by atoms with Gasteiger partial charge in [0.15, 0.2) is 5.82 Å². The second-order valence-corrected chi connectivity index (χ2v) is 12.6. The summed E-state index contributed by atoms with van der Waals surface area (Å²) in [7, 11) is 0. The van der Waals surface area contributed by atoms with Gasteiger partial charge in [-0.15, -0.1) is 0 Å². The van der Waals surface area contributed by atoms with Gasteiger partial charge in [-0.25, -0.2) is 29.1 Å². The van der Waals surface area contributed by atoms with Crippen molar-refractivity contribution in [1.29, 1.82) is 0 Å². The molecule has 0 radical (unpaired) electrons. The SMILES string of the molecule is Cc1nc(Nc2nccc(-c3cc(F)c4nc5n(c4c3)C(C)(C)CC5)n2)ccc1N1CCN(C(=O)OC(C)(C)C)CC1. The summed E-state index contributed by atoms with van der Waals surface area (Å²) in [5.74, 6) is 1.55. The number of hydrogen-bond acceptors (Lipinski definition) is 8. The minimum Gasteiger partial charge on any atom is -0.444 e. The van der Waals surface area contributed by atoms with E-state index in [0.717, 1.165) is 35.6 Å². The van der Waals surface area contributed by atoms with Crippen molar-refractivity contribution in [2.24, 2.45) is 0 Å². The Hall–Kier alpha value is -4.28. The molecule has 11 heteroatoms. The molecular weight excluding hydrogens is 535 g/mol. The molecule has 6 rings (SSSR count). The zero-order valence-corrected chi connectivity index (χ0v) is 25.0. The number of aromatic nitrogens is 5. The molecule has 0 saturated carbocycles. The van der Waals surface area contributed by atoms with Crippen LogP contribution in [0.5, 0.6) is 0 Å². The predicted octanol–water partition coefficient (Wildman–Crippen LogP) is 5.82. The van der Waals surface area contributed by atoms with Crippen LogP contribution in [0.15, 0.2) is 36.5 Å². The number of nitrogens with zero attached hydrogens (tertiary/aromatic N) is 7. The van der Waals surface area contributed by atoms with Gasteiger partial charge in [-0.05, 0) is 78.3 Å². The number of pyridine rings is 1. The lowest BCUT2D eigenvalue weighted by atomic mass is 10.0. The van der Waals surface area contributed by atoms with E-state index in [4.69, 9.17) is 9.72 Å². The van der Waals surface area contributed by atoms with E-state index in [1.165, 1.54) is 6.07 Å². The Morgan fingerprint density at radius 1 is 1.05 bits per heavy atom. The number of hydrogen-bond donors (Lipinski definition) is 1. The van der Waals surface area contributed by atoms with Crippen molar-refractivity contribution in [3.8, 4) is 11.3 Å². The average Bonchev–Trinajstić information content (AvgIpc) is 3.45. The van der Waals surface area contributed by atoms with Gasteiger partial charge in [-0.3, -0.25) is 0 Å².